The van der Waals surface area contributed by atoms with Crippen molar-refractivity contribution < 1.29 is 27.1 Å². The summed E-state index contributed by atoms with van der Waals surface area (Å²) in [5.41, 5.74) is 1.77. The van der Waals surface area contributed by atoms with Gasteiger partial charge in [-0.1, -0.05) is 17.7 Å². The van der Waals surface area contributed by atoms with Gasteiger partial charge in [-0.05, 0) is 66.7 Å². The number of piperazine rings is 1. The average Bonchev–Trinajstić information content (AvgIpc) is 2.95. The number of sulfonamides is 1. The molecule has 0 bridgehead atoms. The number of hydrogen-bond donors (Lipinski definition) is 1. The lowest BCUT2D eigenvalue weighted by Gasteiger charge is -2.36. The first kappa shape index (κ1) is 29.5. The van der Waals surface area contributed by atoms with E-state index in [1.54, 1.807) is 23.1 Å². The number of rotatable bonds is 10. The van der Waals surface area contributed by atoms with E-state index in [0.29, 0.717) is 42.5 Å². The molecule has 4 rings (SSSR count). The summed E-state index contributed by atoms with van der Waals surface area (Å²) in [6.07, 6.45) is 0. The number of nitrogens with zero attached hydrogens (tertiary/aromatic N) is 3. The SMILES string of the molecule is COCCN(CC(=O)Nc1ccc(N2CCN(C(=O)c3cccc(F)c3)CC2)cc1)S(=O)(=O)c1ccc(Cl)cc1. The van der Waals surface area contributed by atoms with Gasteiger partial charge in [0.15, 0.2) is 0 Å². The first-order valence-electron chi connectivity index (χ1n) is 12.6. The van der Waals surface area contributed by atoms with Crippen molar-refractivity contribution in [3.63, 3.8) is 0 Å². The summed E-state index contributed by atoms with van der Waals surface area (Å²) in [6.45, 7) is 1.92. The molecule has 12 heteroatoms. The molecule has 1 aliphatic rings. The molecule has 0 saturated carbocycles. The second-order valence-electron chi connectivity index (χ2n) is 9.17. The van der Waals surface area contributed by atoms with Gasteiger partial charge in [0, 0.05) is 61.8 Å². The largest absolute Gasteiger partial charge is 0.383 e. The molecule has 0 radical (unpaired) electrons. The van der Waals surface area contributed by atoms with Gasteiger partial charge in [-0.2, -0.15) is 4.31 Å². The third-order valence-corrected chi connectivity index (χ3v) is 8.58. The van der Waals surface area contributed by atoms with Crippen molar-refractivity contribution in [2.45, 2.75) is 4.90 Å². The zero-order valence-corrected chi connectivity index (χ0v) is 23.5. The lowest BCUT2D eigenvalue weighted by molar-refractivity contribution is -0.116. The monoisotopic (exact) mass is 588 g/mol. The Labute approximate surface area is 238 Å². The van der Waals surface area contributed by atoms with Crippen molar-refractivity contribution in [2.24, 2.45) is 0 Å². The fourth-order valence-electron chi connectivity index (χ4n) is 4.32. The summed E-state index contributed by atoms with van der Waals surface area (Å²) >= 11 is 5.88. The average molecular weight is 589 g/mol. The third kappa shape index (κ3) is 7.36. The van der Waals surface area contributed by atoms with Crippen LogP contribution in [-0.2, 0) is 19.6 Å². The van der Waals surface area contributed by atoms with Crippen molar-refractivity contribution in [1.29, 1.82) is 0 Å². The predicted molar refractivity (Wildman–Crippen MR) is 152 cm³/mol. The van der Waals surface area contributed by atoms with Crippen LogP contribution in [0.2, 0.25) is 5.02 Å². The smallest absolute Gasteiger partial charge is 0.254 e. The minimum Gasteiger partial charge on any atom is -0.383 e. The predicted octanol–water partition coefficient (Wildman–Crippen LogP) is 3.72. The minimum absolute atomic E-state index is 0.00150. The molecular formula is C28H30ClFN4O5S. The fourth-order valence-corrected chi connectivity index (χ4v) is 5.83. The number of hydrogen-bond acceptors (Lipinski definition) is 6. The molecule has 1 fully saturated rings. The van der Waals surface area contributed by atoms with Crippen LogP contribution in [0.1, 0.15) is 10.4 Å². The maximum Gasteiger partial charge on any atom is 0.254 e. The Balaban J connectivity index is 1.34. The van der Waals surface area contributed by atoms with E-state index in [4.69, 9.17) is 16.3 Å². The Kier molecular flexibility index (Phi) is 9.75. The molecule has 1 N–H and O–H groups in total. The van der Waals surface area contributed by atoms with Gasteiger partial charge in [-0.25, -0.2) is 12.8 Å². The van der Waals surface area contributed by atoms with E-state index in [9.17, 15) is 22.4 Å². The van der Waals surface area contributed by atoms with E-state index in [1.165, 1.54) is 49.6 Å². The quantitative estimate of drug-likeness (QED) is 0.388. The van der Waals surface area contributed by atoms with Gasteiger partial charge in [-0.15, -0.1) is 0 Å². The summed E-state index contributed by atoms with van der Waals surface area (Å²) in [4.78, 5) is 29.3. The number of ether oxygens (including phenoxy) is 1. The molecule has 0 aromatic heterocycles. The standard InChI is InChI=1S/C28H30ClFN4O5S/c1-39-18-17-34(40(37,38)26-11-5-22(29)6-12-26)20-27(35)31-24-7-9-25(10-8-24)32-13-15-33(16-14-32)28(36)21-3-2-4-23(30)19-21/h2-12,19H,13-18,20H2,1H3,(H,31,35). The van der Waals surface area contributed by atoms with Crippen LogP contribution in [0.4, 0.5) is 15.8 Å². The highest BCUT2D eigenvalue weighted by Gasteiger charge is 2.27. The van der Waals surface area contributed by atoms with Gasteiger partial charge in [-0.3, -0.25) is 9.59 Å². The molecule has 9 nitrogen and oxygen atoms in total. The normalized spacial score (nSPS) is 13.9. The van der Waals surface area contributed by atoms with Crippen LogP contribution in [0.15, 0.2) is 77.7 Å². The van der Waals surface area contributed by atoms with Crippen LogP contribution in [0, 0.1) is 5.82 Å². The minimum atomic E-state index is -3.95. The number of carbonyl (C=O) groups excluding carboxylic acids is 2. The van der Waals surface area contributed by atoms with Crippen LogP contribution in [-0.4, -0.2) is 82.4 Å². The summed E-state index contributed by atoms with van der Waals surface area (Å²) in [5.74, 6) is -1.14. The number of amides is 2. The van der Waals surface area contributed by atoms with Crippen LogP contribution in [0.25, 0.3) is 0 Å². The summed E-state index contributed by atoms with van der Waals surface area (Å²) in [7, 11) is -2.49. The van der Waals surface area contributed by atoms with Crippen molar-refractivity contribution in [1.82, 2.24) is 9.21 Å². The number of carbonyl (C=O) groups is 2. The highest BCUT2D eigenvalue weighted by molar-refractivity contribution is 7.89. The fraction of sp³-hybridized carbons (Fsp3) is 0.286. The Bertz CT molecular complexity index is 1430. The molecule has 3 aromatic rings. The molecule has 1 heterocycles. The first-order chi connectivity index (χ1) is 19.2. The number of halogens is 2. The maximum absolute atomic E-state index is 13.5. The van der Waals surface area contributed by atoms with Gasteiger partial charge >= 0.3 is 0 Å². The van der Waals surface area contributed by atoms with E-state index in [1.807, 2.05) is 12.1 Å². The number of benzene rings is 3. The Morgan fingerprint density at radius 2 is 1.68 bits per heavy atom. The molecule has 40 heavy (non-hydrogen) atoms. The Hall–Kier alpha value is -3.51. The van der Waals surface area contributed by atoms with Gasteiger partial charge in [0.1, 0.15) is 5.82 Å². The summed E-state index contributed by atoms with van der Waals surface area (Å²) < 4.78 is 45.8. The second kappa shape index (κ2) is 13.2. The van der Waals surface area contributed by atoms with Gasteiger partial charge in [0.25, 0.3) is 5.91 Å². The molecule has 3 aromatic carbocycles. The zero-order valence-electron chi connectivity index (χ0n) is 21.9. The number of nitrogens with one attached hydrogen (secondary N) is 1. The van der Waals surface area contributed by atoms with Crippen molar-refractivity contribution in [2.75, 3.05) is 63.2 Å². The van der Waals surface area contributed by atoms with E-state index >= 15 is 0 Å². The van der Waals surface area contributed by atoms with Crippen LogP contribution < -0.4 is 10.2 Å². The van der Waals surface area contributed by atoms with Crippen molar-refractivity contribution >= 4 is 44.8 Å². The molecule has 1 aliphatic heterocycles. The summed E-state index contributed by atoms with van der Waals surface area (Å²) in [5, 5.41) is 3.15. The molecular weight excluding hydrogens is 559 g/mol. The second-order valence-corrected chi connectivity index (χ2v) is 11.5. The highest BCUT2D eigenvalue weighted by Crippen LogP contribution is 2.22. The lowest BCUT2D eigenvalue weighted by atomic mass is 10.1. The number of methoxy groups -OCH3 is 1. The molecule has 0 atom stereocenters. The van der Waals surface area contributed by atoms with E-state index in [-0.39, 0.29) is 24.0 Å². The highest BCUT2D eigenvalue weighted by atomic mass is 35.5. The molecule has 2 amide bonds. The van der Waals surface area contributed by atoms with Gasteiger partial charge in [0.05, 0.1) is 18.0 Å². The van der Waals surface area contributed by atoms with Crippen LogP contribution in [0.5, 0.6) is 0 Å². The molecule has 212 valence electrons. The topological polar surface area (TPSA) is 99.3 Å². The van der Waals surface area contributed by atoms with E-state index in [0.717, 1.165) is 9.99 Å². The van der Waals surface area contributed by atoms with Crippen LogP contribution in [0.3, 0.4) is 0 Å². The molecule has 0 unspecified atom stereocenters. The molecule has 0 aliphatic carbocycles. The zero-order chi connectivity index (χ0) is 28.7. The van der Waals surface area contributed by atoms with Crippen LogP contribution >= 0.6 is 11.6 Å². The van der Waals surface area contributed by atoms with Crippen molar-refractivity contribution in [3.05, 3.63) is 89.2 Å². The molecule has 1 saturated heterocycles. The van der Waals surface area contributed by atoms with Gasteiger partial charge in [0.2, 0.25) is 15.9 Å². The Morgan fingerprint density at radius 1 is 1.00 bits per heavy atom. The Morgan fingerprint density at radius 3 is 2.30 bits per heavy atom. The summed E-state index contributed by atoms with van der Waals surface area (Å²) in [6, 6.07) is 18.6. The number of anilines is 2. The van der Waals surface area contributed by atoms with E-state index in [2.05, 4.69) is 10.2 Å². The van der Waals surface area contributed by atoms with Crippen molar-refractivity contribution in [3.8, 4) is 0 Å². The first-order valence-corrected chi connectivity index (χ1v) is 14.4. The molecule has 0 spiro atoms. The maximum atomic E-state index is 13.5. The van der Waals surface area contributed by atoms with E-state index < -0.39 is 28.3 Å². The van der Waals surface area contributed by atoms with Gasteiger partial charge < -0.3 is 19.9 Å². The third-order valence-electron chi connectivity index (χ3n) is 6.47. The lowest BCUT2D eigenvalue weighted by Crippen LogP contribution is -2.48.